The van der Waals surface area contributed by atoms with E-state index in [2.05, 4.69) is 27.4 Å². The number of likely N-dealkylation sites (tertiary alicyclic amines) is 1. The lowest BCUT2D eigenvalue weighted by atomic mass is 9.77. The van der Waals surface area contributed by atoms with Crippen LogP contribution in [0.15, 0.2) is 18.5 Å². The minimum Gasteiger partial charge on any atom is -0.343 e. The largest absolute Gasteiger partial charge is 0.343 e. The van der Waals surface area contributed by atoms with E-state index in [0.717, 1.165) is 64.0 Å². The number of carbonyl (C=O) groups excluding carboxylic acids is 2. The van der Waals surface area contributed by atoms with Crippen molar-refractivity contribution in [2.75, 3.05) is 32.7 Å². The molecular formula is C24H35N5O2. The number of fused-ring (bicyclic) bond motifs is 1. The van der Waals surface area contributed by atoms with Gasteiger partial charge >= 0.3 is 6.03 Å². The van der Waals surface area contributed by atoms with Crippen LogP contribution < -0.4 is 10.6 Å². The Morgan fingerprint density at radius 1 is 1.13 bits per heavy atom. The highest BCUT2D eigenvalue weighted by atomic mass is 16.2. The first-order chi connectivity index (χ1) is 15.0. The van der Waals surface area contributed by atoms with Crippen molar-refractivity contribution in [1.82, 2.24) is 25.4 Å². The van der Waals surface area contributed by atoms with E-state index in [0.29, 0.717) is 36.8 Å². The monoisotopic (exact) mass is 425 g/mol. The molecule has 31 heavy (non-hydrogen) atoms. The predicted molar refractivity (Wildman–Crippen MR) is 118 cm³/mol. The van der Waals surface area contributed by atoms with Crippen LogP contribution in [0.25, 0.3) is 0 Å². The van der Waals surface area contributed by atoms with E-state index in [-0.39, 0.29) is 11.4 Å². The highest BCUT2D eigenvalue weighted by Gasteiger charge is 2.55. The molecule has 1 spiro atoms. The molecule has 168 valence electrons. The summed E-state index contributed by atoms with van der Waals surface area (Å²) in [5, 5.41) is 6.56. The van der Waals surface area contributed by atoms with Gasteiger partial charge in [-0.2, -0.15) is 0 Å². The van der Waals surface area contributed by atoms with Crippen LogP contribution in [0.2, 0.25) is 0 Å². The van der Waals surface area contributed by atoms with Crippen LogP contribution in [-0.2, 0) is 17.9 Å². The average molecular weight is 426 g/mol. The quantitative estimate of drug-likeness (QED) is 0.777. The molecule has 3 fully saturated rings. The van der Waals surface area contributed by atoms with Gasteiger partial charge in [-0.25, -0.2) is 4.79 Å². The summed E-state index contributed by atoms with van der Waals surface area (Å²) < 4.78 is 0. The third-order valence-electron chi connectivity index (χ3n) is 8.37. The van der Waals surface area contributed by atoms with Gasteiger partial charge in [0, 0.05) is 51.5 Å². The van der Waals surface area contributed by atoms with Crippen molar-refractivity contribution in [2.24, 2.45) is 16.7 Å². The maximum Gasteiger partial charge on any atom is 0.318 e. The van der Waals surface area contributed by atoms with Crippen molar-refractivity contribution in [2.45, 2.75) is 58.5 Å². The van der Waals surface area contributed by atoms with Crippen LogP contribution >= 0.6 is 0 Å². The molecule has 4 heterocycles. The van der Waals surface area contributed by atoms with E-state index in [4.69, 9.17) is 0 Å². The Bertz CT molecular complexity index is 817. The van der Waals surface area contributed by atoms with E-state index < -0.39 is 0 Å². The molecule has 1 atom stereocenters. The molecule has 4 aliphatic rings. The first kappa shape index (κ1) is 20.7. The van der Waals surface area contributed by atoms with E-state index in [9.17, 15) is 9.59 Å². The molecule has 7 heteroatoms. The first-order valence-corrected chi connectivity index (χ1v) is 11.9. The number of nitrogens with one attached hydrogen (secondary N) is 2. The lowest BCUT2D eigenvalue weighted by molar-refractivity contribution is -0.135. The van der Waals surface area contributed by atoms with Crippen LogP contribution in [0.5, 0.6) is 0 Å². The number of urea groups is 1. The van der Waals surface area contributed by atoms with E-state index >= 15 is 0 Å². The fourth-order valence-corrected chi connectivity index (χ4v) is 5.90. The molecule has 2 saturated heterocycles. The number of aromatic nitrogens is 1. The van der Waals surface area contributed by atoms with Crippen molar-refractivity contribution < 1.29 is 9.59 Å². The average Bonchev–Trinajstić information content (AvgIpc) is 3.24. The van der Waals surface area contributed by atoms with E-state index in [1.54, 1.807) is 6.20 Å². The minimum absolute atomic E-state index is 0.0288. The Labute approximate surface area is 185 Å². The molecule has 3 aliphatic heterocycles. The zero-order valence-electron chi connectivity index (χ0n) is 18.7. The third-order valence-corrected chi connectivity index (χ3v) is 8.37. The van der Waals surface area contributed by atoms with Gasteiger partial charge in [-0.05, 0) is 79.1 Å². The van der Waals surface area contributed by atoms with Crippen molar-refractivity contribution in [3.05, 3.63) is 29.6 Å². The van der Waals surface area contributed by atoms with Gasteiger partial charge in [0.15, 0.2) is 0 Å². The zero-order chi connectivity index (χ0) is 21.5. The maximum atomic E-state index is 12.9. The molecule has 1 aromatic rings. The van der Waals surface area contributed by atoms with Crippen molar-refractivity contribution in [3.63, 3.8) is 0 Å². The molecular weight excluding hydrogens is 390 g/mol. The molecule has 1 unspecified atom stereocenters. The molecule has 7 nitrogen and oxygen atoms in total. The van der Waals surface area contributed by atoms with Crippen molar-refractivity contribution in [1.29, 1.82) is 0 Å². The van der Waals surface area contributed by atoms with Crippen LogP contribution in [0.3, 0.4) is 0 Å². The summed E-state index contributed by atoms with van der Waals surface area (Å²) in [6.07, 6.45) is 9.87. The van der Waals surface area contributed by atoms with Crippen LogP contribution in [-0.4, -0.2) is 59.4 Å². The van der Waals surface area contributed by atoms with E-state index in [1.165, 1.54) is 12.0 Å². The van der Waals surface area contributed by atoms with Crippen LogP contribution in [0.4, 0.5) is 4.79 Å². The van der Waals surface area contributed by atoms with Gasteiger partial charge in [-0.1, -0.05) is 6.92 Å². The maximum absolute atomic E-state index is 12.9. The summed E-state index contributed by atoms with van der Waals surface area (Å²) in [6.45, 7) is 8.16. The van der Waals surface area contributed by atoms with E-state index in [1.807, 2.05) is 17.2 Å². The standard InChI is InChI=1S/C24H35N5O2/c1-23(3-8-25-9-4-23)13-21(30)28-10-5-24(6-11-28)12-20(24)15-27-22(31)29-16-18-2-7-26-14-19(18)17-29/h2,7,14,20,25H,3-6,8-13,15-17H2,1H3,(H,27,31). The summed E-state index contributed by atoms with van der Waals surface area (Å²) in [4.78, 5) is 33.6. The van der Waals surface area contributed by atoms with Gasteiger partial charge < -0.3 is 20.4 Å². The topological polar surface area (TPSA) is 77.6 Å². The molecule has 2 N–H and O–H groups in total. The summed E-state index contributed by atoms with van der Waals surface area (Å²) in [6, 6.07) is 2.03. The predicted octanol–water partition coefficient (Wildman–Crippen LogP) is 2.52. The summed E-state index contributed by atoms with van der Waals surface area (Å²) >= 11 is 0. The molecule has 1 saturated carbocycles. The fourth-order valence-electron chi connectivity index (χ4n) is 5.90. The fraction of sp³-hybridized carbons (Fsp3) is 0.708. The minimum atomic E-state index is 0.0288. The van der Waals surface area contributed by atoms with Crippen molar-refractivity contribution >= 4 is 11.9 Å². The van der Waals surface area contributed by atoms with Gasteiger partial charge in [0.2, 0.25) is 5.91 Å². The molecule has 5 rings (SSSR count). The number of rotatable bonds is 4. The Morgan fingerprint density at radius 2 is 1.87 bits per heavy atom. The van der Waals surface area contributed by atoms with Gasteiger partial charge in [0.25, 0.3) is 0 Å². The summed E-state index contributed by atoms with van der Waals surface area (Å²) in [7, 11) is 0. The second kappa shape index (κ2) is 8.08. The van der Waals surface area contributed by atoms with Gasteiger partial charge in [0.05, 0.1) is 0 Å². The highest BCUT2D eigenvalue weighted by molar-refractivity contribution is 5.77. The number of hydrogen-bond acceptors (Lipinski definition) is 4. The SMILES string of the molecule is CC1(CC(=O)N2CCC3(CC2)CC3CNC(=O)N2Cc3ccncc3C2)CCNCC1. The second-order valence-electron chi connectivity index (χ2n) is 10.6. The number of carbonyl (C=O) groups is 2. The number of piperidine rings is 2. The molecule has 3 amide bonds. The lowest BCUT2D eigenvalue weighted by Gasteiger charge is -2.38. The number of hydrogen-bond donors (Lipinski definition) is 2. The molecule has 1 aromatic heterocycles. The molecule has 0 bridgehead atoms. The first-order valence-electron chi connectivity index (χ1n) is 11.9. The van der Waals surface area contributed by atoms with Crippen LogP contribution in [0, 0.1) is 16.7 Å². The Balaban J connectivity index is 1.05. The lowest BCUT2D eigenvalue weighted by Crippen LogP contribution is -2.44. The number of amides is 3. The second-order valence-corrected chi connectivity index (χ2v) is 10.6. The third kappa shape index (κ3) is 4.29. The van der Waals surface area contributed by atoms with Crippen LogP contribution in [0.1, 0.15) is 56.6 Å². The number of nitrogens with zero attached hydrogens (tertiary/aromatic N) is 3. The summed E-state index contributed by atoms with van der Waals surface area (Å²) in [5.41, 5.74) is 2.86. The normalized spacial score (nSPS) is 25.9. The Hall–Kier alpha value is -2.15. The Morgan fingerprint density at radius 3 is 2.61 bits per heavy atom. The van der Waals surface area contributed by atoms with Crippen molar-refractivity contribution in [3.8, 4) is 0 Å². The summed E-state index contributed by atoms with van der Waals surface area (Å²) in [5.74, 6) is 0.898. The number of pyridine rings is 1. The zero-order valence-corrected chi connectivity index (χ0v) is 18.7. The smallest absolute Gasteiger partial charge is 0.318 e. The Kier molecular flexibility index (Phi) is 5.40. The van der Waals surface area contributed by atoms with Gasteiger partial charge in [-0.3, -0.25) is 9.78 Å². The molecule has 1 aliphatic carbocycles. The van der Waals surface area contributed by atoms with Gasteiger partial charge in [-0.15, -0.1) is 0 Å². The molecule has 0 aromatic carbocycles. The molecule has 0 radical (unpaired) electrons. The highest BCUT2D eigenvalue weighted by Crippen LogP contribution is 2.59. The van der Waals surface area contributed by atoms with Gasteiger partial charge in [0.1, 0.15) is 0 Å².